The van der Waals surface area contributed by atoms with Gasteiger partial charge in [0.2, 0.25) is 11.9 Å². The smallest absolute Gasteiger partial charge is 0.227 e. The van der Waals surface area contributed by atoms with E-state index in [1.54, 1.807) is 13.3 Å². The lowest BCUT2D eigenvalue weighted by Crippen LogP contribution is -2.42. The summed E-state index contributed by atoms with van der Waals surface area (Å²) in [6.07, 6.45) is 4.47. The lowest BCUT2D eigenvalue weighted by Gasteiger charge is -2.31. The summed E-state index contributed by atoms with van der Waals surface area (Å²) >= 11 is 0. The quantitative estimate of drug-likeness (QED) is 0.281. The van der Waals surface area contributed by atoms with Gasteiger partial charge in [-0.2, -0.15) is 0 Å². The molecule has 9 nitrogen and oxygen atoms in total. The Morgan fingerprint density at radius 3 is 2.64 bits per heavy atom. The number of methoxy groups -OCH3 is 1. The van der Waals surface area contributed by atoms with Crippen LogP contribution in [0.5, 0.6) is 5.75 Å². The molecule has 4 aromatic rings. The Balaban J connectivity index is 1.29. The van der Waals surface area contributed by atoms with Gasteiger partial charge in [-0.1, -0.05) is 30.3 Å². The van der Waals surface area contributed by atoms with E-state index in [2.05, 4.69) is 86.3 Å². The van der Waals surface area contributed by atoms with Crippen molar-refractivity contribution in [2.24, 2.45) is 5.92 Å². The molecule has 1 amide bonds. The van der Waals surface area contributed by atoms with E-state index in [4.69, 9.17) is 9.72 Å². The zero-order chi connectivity index (χ0) is 31.0. The molecule has 45 heavy (non-hydrogen) atoms. The number of piperidine rings is 1. The van der Waals surface area contributed by atoms with Crippen LogP contribution in [0, 0.1) is 5.92 Å². The van der Waals surface area contributed by atoms with Crippen LogP contribution in [0.3, 0.4) is 0 Å². The molecule has 0 aliphatic carbocycles. The highest BCUT2D eigenvalue weighted by atomic mass is 16.5. The molecule has 1 fully saturated rings. The largest absolute Gasteiger partial charge is 0.496 e. The summed E-state index contributed by atoms with van der Waals surface area (Å²) in [7, 11) is 3.76. The van der Waals surface area contributed by atoms with Gasteiger partial charge in [-0.25, -0.2) is 9.97 Å². The molecule has 0 spiro atoms. The Bertz CT molecular complexity index is 1590. The van der Waals surface area contributed by atoms with Crippen molar-refractivity contribution in [2.75, 3.05) is 57.5 Å². The third-order valence-corrected chi connectivity index (χ3v) is 8.66. The molecule has 1 saturated heterocycles. The number of rotatable bonds is 5. The Kier molecular flexibility index (Phi) is 9.87. The van der Waals surface area contributed by atoms with Crippen LogP contribution in [-0.2, 0) is 24.3 Å². The fourth-order valence-electron chi connectivity index (χ4n) is 6.22. The van der Waals surface area contributed by atoms with E-state index >= 15 is 0 Å². The van der Waals surface area contributed by atoms with Gasteiger partial charge in [-0.3, -0.25) is 9.69 Å². The Morgan fingerprint density at radius 1 is 0.978 bits per heavy atom. The van der Waals surface area contributed by atoms with Gasteiger partial charge in [-0.05, 0) is 93.0 Å². The van der Waals surface area contributed by atoms with Crippen LogP contribution in [0.2, 0.25) is 0 Å². The van der Waals surface area contributed by atoms with Crippen LogP contribution in [-0.4, -0.2) is 72.6 Å². The number of amides is 1. The first-order valence-corrected chi connectivity index (χ1v) is 15.9. The van der Waals surface area contributed by atoms with E-state index in [-0.39, 0.29) is 11.8 Å². The van der Waals surface area contributed by atoms with Crippen LogP contribution in [0.1, 0.15) is 29.5 Å². The molecule has 1 aromatic heterocycles. The van der Waals surface area contributed by atoms with Gasteiger partial charge >= 0.3 is 0 Å². The predicted octanol–water partition coefficient (Wildman–Crippen LogP) is 5.32. The summed E-state index contributed by atoms with van der Waals surface area (Å²) in [5, 5.41) is 10.3. The second kappa shape index (κ2) is 14.5. The topological polar surface area (TPSA) is 94.7 Å². The van der Waals surface area contributed by atoms with E-state index in [1.807, 2.05) is 24.3 Å². The molecule has 3 aliphatic heterocycles. The summed E-state index contributed by atoms with van der Waals surface area (Å²) in [5.74, 6) is 1.61. The van der Waals surface area contributed by atoms with E-state index in [1.165, 1.54) is 11.1 Å². The zero-order valence-corrected chi connectivity index (χ0v) is 26.3. The van der Waals surface area contributed by atoms with Gasteiger partial charge in [0.15, 0.2) is 0 Å². The van der Waals surface area contributed by atoms with Gasteiger partial charge in [-0.15, -0.1) is 0 Å². The van der Waals surface area contributed by atoms with Crippen LogP contribution in [0.15, 0.2) is 79.0 Å². The third kappa shape index (κ3) is 8.17. The minimum Gasteiger partial charge on any atom is -0.496 e. The average molecular weight is 606 g/mol. The molecular formula is C36H43N7O2. The fraction of sp³-hybridized carbons (Fsp3) is 0.361. The highest BCUT2D eigenvalue weighted by molar-refractivity contribution is 5.78. The minimum atomic E-state index is 0.0594. The monoisotopic (exact) mass is 605 g/mol. The summed E-state index contributed by atoms with van der Waals surface area (Å²) in [6, 6.07) is 25.2. The number of aromatic nitrogens is 2. The summed E-state index contributed by atoms with van der Waals surface area (Å²) in [6.45, 7) is 5.49. The molecule has 3 aliphatic rings. The van der Waals surface area contributed by atoms with Crippen LogP contribution >= 0.6 is 0 Å². The Labute approximate surface area is 266 Å². The van der Waals surface area contributed by atoms with Crippen LogP contribution in [0.4, 0.5) is 17.3 Å². The number of benzene rings is 3. The number of ether oxygens (including phenoxy) is 1. The highest BCUT2D eigenvalue weighted by Gasteiger charge is 2.25. The number of anilines is 3. The first-order valence-electron chi connectivity index (χ1n) is 15.9. The van der Waals surface area contributed by atoms with Crippen molar-refractivity contribution >= 4 is 23.2 Å². The van der Waals surface area contributed by atoms with Crippen molar-refractivity contribution in [3.05, 3.63) is 95.7 Å². The average Bonchev–Trinajstić information content (AvgIpc) is 3.05. The van der Waals surface area contributed by atoms with E-state index < -0.39 is 0 Å². The van der Waals surface area contributed by atoms with Crippen molar-refractivity contribution in [3.8, 4) is 17.0 Å². The second-order valence-corrected chi connectivity index (χ2v) is 12.1. The maximum atomic E-state index is 13.0. The predicted molar refractivity (Wildman–Crippen MR) is 180 cm³/mol. The lowest BCUT2D eigenvalue weighted by molar-refractivity contribution is -0.126. The number of hydrogen-bond donors (Lipinski definition) is 3. The van der Waals surface area contributed by atoms with E-state index in [9.17, 15) is 4.79 Å². The molecule has 0 unspecified atom stereocenters. The maximum Gasteiger partial charge on any atom is 0.227 e. The first-order chi connectivity index (χ1) is 22.0. The van der Waals surface area contributed by atoms with Crippen molar-refractivity contribution in [3.63, 3.8) is 0 Å². The molecular weight excluding hydrogens is 562 g/mol. The molecule has 0 atom stereocenters. The number of likely N-dealkylation sites (N-methyl/N-ethyl adjacent to an activating group) is 1. The maximum absolute atomic E-state index is 13.0. The van der Waals surface area contributed by atoms with Gasteiger partial charge in [0.1, 0.15) is 5.75 Å². The first kappa shape index (κ1) is 30.6. The van der Waals surface area contributed by atoms with Gasteiger partial charge in [0, 0.05) is 67.3 Å². The lowest BCUT2D eigenvalue weighted by atomic mass is 9.95. The fourth-order valence-corrected chi connectivity index (χ4v) is 6.22. The molecule has 0 radical (unpaired) electrons. The Morgan fingerprint density at radius 2 is 1.82 bits per heavy atom. The van der Waals surface area contributed by atoms with E-state index in [0.29, 0.717) is 19.0 Å². The SMILES string of the molecule is COc1ccc2cc1CN(C)CCNC(=O)C1CCN(CC1)Cc1cc(NCCc3ccccc3)cc(c1)Nc1nccc-2n1. The normalized spacial score (nSPS) is 19.1. The number of hydrogen-bond acceptors (Lipinski definition) is 8. The van der Waals surface area contributed by atoms with Crippen molar-refractivity contribution in [1.29, 1.82) is 0 Å². The number of fused-ring (bicyclic) bond motifs is 7. The molecule has 9 heteroatoms. The summed E-state index contributed by atoms with van der Waals surface area (Å²) in [4.78, 5) is 27.1. The number of nitrogens with one attached hydrogen (secondary N) is 3. The van der Waals surface area contributed by atoms with Crippen molar-refractivity contribution < 1.29 is 9.53 Å². The van der Waals surface area contributed by atoms with E-state index in [0.717, 1.165) is 85.9 Å². The highest BCUT2D eigenvalue weighted by Crippen LogP contribution is 2.29. The number of carbonyl (C=O) groups excluding carboxylic acids is 1. The number of nitrogens with zero attached hydrogens (tertiary/aromatic N) is 4. The van der Waals surface area contributed by atoms with Crippen LogP contribution < -0.4 is 20.7 Å². The van der Waals surface area contributed by atoms with Crippen molar-refractivity contribution in [2.45, 2.75) is 32.4 Å². The van der Waals surface area contributed by atoms with Gasteiger partial charge < -0.3 is 25.6 Å². The molecule has 7 rings (SSSR count). The van der Waals surface area contributed by atoms with Gasteiger partial charge in [0.25, 0.3) is 0 Å². The summed E-state index contributed by atoms with van der Waals surface area (Å²) < 4.78 is 5.69. The zero-order valence-electron chi connectivity index (χ0n) is 26.3. The van der Waals surface area contributed by atoms with Crippen LogP contribution in [0.25, 0.3) is 11.3 Å². The third-order valence-electron chi connectivity index (χ3n) is 8.66. The molecule has 234 valence electrons. The molecule has 3 N–H and O–H groups in total. The molecule has 3 aromatic carbocycles. The number of carbonyl (C=O) groups is 1. The summed E-state index contributed by atoms with van der Waals surface area (Å²) in [5.41, 5.74) is 7.38. The molecule has 0 saturated carbocycles. The Hall–Kier alpha value is -4.47. The standard InChI is InChI=1S/C36H43N7O2/c1-42-19-16-38-35(44)28-12-17-43(18-13-28)24-27-20-31(37-14-10-26-6-4-3-5-7-26)23-32(21-27)40-36-39-15-11-33(41-36)29-8-9-34(45-2)30(22-29)25-42/h3-9,11,15,20-23,28,37H,10,12-14,16-19,24-25H2,1-2H3,(H,38,44)(H,39,40,41). The minimum absolute atomic E-state index is 0.0594. The second-order valence-electron chi connectivity index (χ2n) is 12.1. The molecule has 4 heterocycles. The van der Waals surface area contributed by atoms with Gasteiger partial charge in [0.05, 0.1) is 12.8 Å². The van der Waals surface area contributed by atoms with Crippen molar-refractivity contribution in [1.82, 2.24) is 25.1 Å². The molecule has 8 bridgehead atoms.